The van der Waals surface area contributed by atoms with Crippen molar-refractivity contribution in [1.29, 1.82) is 0 Å². The number of aliphatic hydroxyl groups is 1. The number of likely N-dealkylation sites (tertiary alicyclic amines) is 1. The molecular weight excluding hydrogens is 356 g/mol. The van der Waals surface area contributed by atoms with Gasteiger partial charge in [-0.25, -0.2) is 0 Å². The van der Waals surface area contributed by atoms with Crippen molar-refractivity contribution in [1.82, 2.24) is 9.88 Å². The van der Waals surface area contributed by atoms with Gasteiger partial charge in [-0.1, -0.05) is 12.1 Å². The number of pyridine rings is 1. The smallest absolute Gasteiger partial charge is 0.255 e. The summed E-state index contributed by atoms with van der Waals surface area (Å²) < 4.78 is 0. The van der Waals surface area contributed by atoms with Gasteiger partial charge < -0.3 is 21.1 Å². The van der Waals surface area contributed by atoms with Crippen LogP contribution < -0.4 is 11.1 Å². The third-order valence-corrected chi connectivity index (χ3v) is 5.06. The molecule has 7 nitrogen and oxygen atoms in total. The number of rotatable bonds is 6. The molecule has 1 fully saturated rings. The van der Waals surface area contributed by atoms with Gasteiger partial charge in [0.2, 0.25) is 5.91 Å². The van der Waals surface area contributed by atoms with E-state index in [2.05, 4.69) is 10.3 Å². The predicted octanol–water partition coefficient (Wildman–Crippen LogP) is 1.95. The van der Waals surface area contributed by atoms with E-state index in [4.69, 9.17) is 5.73 Å². The Labute approximate surface area is 164 Å². The number of aromatic nitrogens is 1. The first kappa shape index (κ1) is 20.0. The van der Waals surface area contributed by atoms with Crippen molar-refractivity contribution in [2.75, 3.05) is 25.0 Å². The Morgan fingerprint density at radius 3 is 2.61 bits per heavy atom. The van der Waals surface area contributed by atoms with Crippen molar-refractivity contribution >= 4 is 17.5 Å². The molecule has 0 spiro atoms. The van der Waals surface area contributed by atoms with Crippen LogP contribution in [0.2, 0.25) is 0 Å². The summed E-state index contributed by atoms with van der Waals surface area (Å²) in [7, 11) is 0. The maximum absolute atomic E-state index is 12.5. The molecule has 2 heterocycles. The normalized spacial score (nSPS) is 17.8. The molecule has 4 N–H and O–H groups in total. The minimum absolute atomic E-state index is 0.00477. The van der Waals surface area contributed by atoms with Crippen molar-refractivity contribution in [2.24, 2.45) is 11.7 Å². The zero-order valence-electron chi connectivity index (χ0n) is 15.8. The Hall–Kier alpha value is -2.77. The van der Waals surface area contributed by atoms with Crippen LogP contribution in [-0.4, -0.2) is 46.5 Å². The molecule has 2 unspecified atom stereocenters. The minimum atomic E-state index is -0.431. The highest BCUT2D eigenvalue weighted by Crippen LogP contribution is 2.21. The lowest BCUT2D eigenvalue weighted by molar-refractivity contribution is -0.133. The Kier molecular flexibility index (Phi) is 6.73. The first-order valence-corrected chi connectivity index (χ1v) is 9.52. The number of nitrogens with two attached hydrogens (primary N) is 1. The van der Waals surface area contributed by atoms with Crippen molar-refractivity contribution in [3.8, 4) is 0 Å². The molecular formula is C21H26N4O3. The lowest BCUT2D eigenvalue weighted by Gasteiger charge is -2.32. The monoisotopic (exact) mass is 382 g/mol. The lowest BCUT2D eigenvalue weighted by atomic mass is 9.97. The van der Waals surface area contributed by atoms with E-state index in [0.717, 1.165) is 24.9 Å². The second-order valence-electron chi connectivity index (χ2n) is 7.15. The summed E-state index contributed by atoms with van der Waals surface area (Å²) in [5.74, 6) is -0.0527. The van der Waals surface area contributed by atoms with Gasteiger partial charge >= 0.3 is 0 Å². The molecule has 148 valence electrons. The van der Waals surface area contributed by atoms with Gasteiger partial charge in [0.05, 0.1) is 0 Å². The van der Waals surface area contributed by atoms with E-state index in [9.17, 15) is 14.7 Å². The summed E-state index contributed by atoms with van der Waals surface area (Å²) in [4.78, 5) is 30.5. The maximum Gasteiger partial charge on any atom is 0.255 e. The number of amides is 2. The minimum Gasteiger partial charge on any atom is -0.396 e. The van der Waals surface area contributed by atoms with Gasteiger partial charge in [-0.3, -0.25) is 14.6 Å². The largest absolute Gasteiger partial charge is 0.396 e. The second kappa shape index (κ2) is 9.43. The molecule has 28 heavy (non-hydrogen) atoms. The van der Waals surface area contributed by atoms with Crippen LogP contribution in [0.3, 0.4) is 0 Å². The Bertz CT molecular complexity index is 795. The van der Waals surface area contributed by atoms with Crippen LogP contribution in [0.1, 0.15) is 41.2 Å². The summed E-state index contributed by atoms with van der Waals surface area (Å²) in [5, 5.41) is 12.1. The first-order chi connectivity index (χ1) is 13.6. The molecule has 1 aromatic heterocycles. The van der Waals surface area contributed by atoms with Gasteiger partial charge in [0.15, 0.2) is 0 Å². The van der Waals surface area contributed by atoms with Crippen LogP contribution >= 0.6 is 0 Å². The lowest BCUT2D eigenvalue weighted by Crippen LogP contribution is -2.41. The van der Waals surface area contributed by atoms with E-state index in [1.165, 1.54) is 0 Å². The fraction of sp³-hybridized carbons (Fsp3) is 0.381. The Morgan fingerprint density at radius 1 is 1.21 bits per heavy atom. The summed E-state index contributed by atoms with van der Waals surface area (Å²) >= 11 is 0. The number of aliphatic hydroxyl groups excluding tert-OH is 1. The van der Waals surface area contributed by atoms with E-state index in [1.807, 2.05) is 0 Å². The number of nitrogens with zero attached hydrogens (tertiary/aromatic N) is 2. The van der Waals surface area contributed by atoms with Crippen LogP contribution in [0.5, 0.6) is 0 Å². The van der Waals surface area contributed by atoms with Crippen molar-refractivity contribution in [3.63, 3.8) is 0 Å². The average molecular weight is 382 g/mol. The molecule has 2 amide bonds. The highest BCUT2D eigenvalue weighted by molar-refractivity contribution is 6.04. The molecule has 1 aliphatic rings. The van der Waals surface area contributed by atoms with Crippen LogP contribution in [0, 0.1) is 5.92 Å². The summed E-state index contributed by atoms with van der Waals surface area (Å²) in [6.45, 7) is 1.42. The number of carbonyl (C=O) groups is 2. The number of benzene rings is 1. The van der Waals surface area contributed by atoms with E-state index in [1.54, 1.807) is 53.7 Å². The number of piperidine rings is 1. The van der Waals surface area contributed by atoms with Gasteiger partial charge in [0.25, 0.3) is 5.91 Å². The van der Waals surface area contributed by atoms with Gasteiger partial charge in [-0.15, -0.1) is 0 Å². The quantitative estimate of drug-likeness (QED) is 0.708. The predicted molar refractivity (Wildman–Crippen MR) is 107 cm³/mol. The SMILES string of the molecule is NC(CC(=O)N1CCCC(CO)C1)c1ccc(C(=O)Nc2ccncc2)cc1. The number of nitrogens with one attached hydrogen (secondary N) is 1. The molecule has 0 saturated carbocycles. The fourth-order valence-electron chi connectivity index (χ4n) is 3.40. The zero-order chi connectivity index (χ0) is 19.9. The molecule has 7 heteroatoms. The van der Waals surface area contributed by atoms with E-state index in [-0.39, 0.29) is 30.8 Å². The van der Waals surface area contributed by atoms with Gasteiger partial charge in [0.1, 0.15) is 0 Å². The highest BCUT2D eigenvalue weighted by atomic mass is 16.3. The van der Waals surface area contributed by atoms with Crippen molar-refractivity contribution in [3.05, 3.63) is 59.9 Å². The summed E-state index contributed by atoms with van der Waals surface area (Å²) in [5.41, 5.74) is 8.21. The van der Waals surface area contributed by atoms with Crippen molar-refractivity contribution in [2.45, 2.75) is 25.3 Å². The van der Waals surface area contributed by atoms with Crippen LogP contribution in [0.4, 0.5) is 5.69 Å². The van der Waals surface area contributed by atoms with Crippen LogP contribution in [-0.2, 0) is 4.79 Å². The van der Waals surface area contributed by atoms with Gasteiger partial charge in [0, 0.05) is 55.8 Å². The summed E-state index contributed by atoms with van der Waals surface area (Å²) in [6, 6.07) is 9.99. The first-order valence-electron chi connectivity index (χ1n) is 9.52. The number of anilines is 1. The standard InChI is InChI=1S/C21H26N4O3/c22-19(12-20(27)25-11-1-2-15(13-25)14-26)16-3-5-17(6-4-16)21(28)24-18-7-9-23-10-8-18/h3-10,15,19,26H,1-2,11-14,22H2,(H,23,24,28). The number of hydrogen-bond acceptors (Lipinski definition) is 5. The maximum atomic E-state index is 12.5. The Morgan fingerprint density at radius 2 is 1.93 bits per heavy atom. The molecule has 0 aliphatic carbocycles. The summed E-state index contributed by atoms with van der Waals surface area (Å²) in [6.07, 6.45) is 5.29. The topological polar surface area (TPSA) is 109 Å². The van der Waals surface area contributed by atoms with Crippen LogP contribution in [0.15, 0.2) is 48.8 Å². The van der Waals surface area contributed by atoms with E-state index < -0.39 is 6.04 Å². The highest BCUT2D eigenvalue weighted by Gasteiger charge is 2.24. The third kappa shape index (κ3) is 5.15. The molecule has 1 saturated heterocycles. The molecule has 2 aromatic rings. The average Bonchev–Trinajstić information content (AvgIpc) is 2.74. The Balaban J connectivity index is 1.56. The van der Waals surface area contributed by atoms with E-state index >= 15 is 0 Å². The van der Waals surface area contributed by atoms with Crippen molar-refractivity contribution < 1.29 is 14.7 Å². The second-order valence-corrected chi connectivity index (χ2v) is 7.15. The molecule has 3 rings (SSSR count). The number of carbonyl (C=O) groups excluding carboxylic acids is 2. The molecule has 0 radical (unpaired) electrons. The van der Waals surface area contributed by atoms with E-state index in [0.29, 0.717) is 17.8 Å². The molecule has 1 aromatic carbocycles. The third-order valence-electron chi connectivity index (χ3n) is 5.06. The molecule has 2 atom stereocenters. The van der Waals surface area contributed by atoms with Crippen LogP contribution in [0.25, 0.3) is 0 Å². The van der Waals surface area contributed by atoms with Gasteiger partial charge in [-0.05, 0) is 48.6 Å². The number of hydrogen-bond donors (Lipinski definition) is 3. The molecule has 0 bridgehead atoms. The van der Waals surface area contributed by atoms with Gasteiger partial charge in [-0.2, -0.15) is 0 Å². The molecule has 1 aliphatic heterocycles. The zero-order valence-corrected chi connectivity index (χ0v) is 15.8. The fourth-order valence-corrected chi connectivity index (χ4v) is 3.40.